The number of aromatic hydroxyl groups is 1. The lowest BCUT2D eigenvalue weighted by Gasteiger charge is -2.31. The maximum atomic E-state index is 13.2. The third-order valence-electron chi connectivity index (χ3n) is 7.72. The normalized spacial score (nSPS) is 25.6. The van der Waals surface area contributed by atoms with E-state index in [0.29, 0.717) is 37.4 Å². The number of rotatable bonds is 8. The molecular formula is C29H31ClN2O5. The highest BCUT2D eigenvalue weighted by molar-refractivity contribution is 6.32. The highest BCUT2D eigenvalue weighted by atomic mass is 35.5. The van der Waals surface area contributed by atoms with Gasteiger partial charge in [-0.1, -0.05) is 24.6 Å². The number of benzene rings is 1. The van der Waals surface area contributed by atoms with Crippen molar-refractivity contribution in [2.75, 3.05) is 19.8 Å². The number of imide groups is 1. The zero-order valence-corrected chi connectivity index (χ0v) is 21.5. The number of phenols is 1. The highest BCUT2D eigenvalue weighted by Gasteiger charge is 2.56. The Kier molecular flexibility index (Phi) is 7.47. The van der Waals surface area contributed by atoms with Crippen LogP contribution >= 0.6 is 11.6 Å². The minimum absolute atomic E-state index is 0.100. The minimum Gasteiger partial charge on any atom is -0.508 e. The monoisotopic (exact) mass is 522 g/mol. The van der Waals surface area contributed by atoms with Crippen LogP contribution in [-0.4, -0.2) is 57.8 Å². The molecule has 2 amide bonds. The topological polar surface area (TPSA) is 100.0 Å². The average Bonchev–Trinajstić information content (AvgIpc) is 3.42. The summed E-state index contributed by atoms with van der Waals surface area (Å²) in [6.07, 6.45) is 5.84. The molecule has 0 saturated carbocycles. The summed E-state index contributed by atoms with van der Waals surface area (Å²) in [5.41, 5.74) is 4.37. The summed E-state index contributed by atoms with van der Waals surface area (Å²) < 4.78 is 6.24. The molecule has 37 heavy (non-hydrogen) atoms. The zero-order chi connectivity index (χ0) is 26.1. The van der Waals surface area contributed by atoms with E-state index in [2.05, 4.69) is 4.98 Å². The maximum Gasteiger partial charge on any atom is 0.233 e. The van der Waals surface area contributed by atoms with Crippen LogP contribution in [0.1, 0.15) is 43.9 Å². The van der Waals surface area contributed by atoms with Crippen LogP contribution in [0.15, 0.2) is 53.7 Å². The fourth-order valence-corrected chi connectivity index (χ4v) is 6.29. The first-order valence-corrected chi connectivity index (χ1v) is 13.2. The number of carbonyl (C=O) groups is 2. The van der Waals surface area contributed by atoms with E-state index in [-0.39, 0.29) is 36.2 Å². The van der Waals surface area contributed by atoms with Gasteiger partial charge in [0.15, 0.2) is 0 Å². The molecule has 5 rings (SSSR count). The quantitative estimate of drug-likeness (QED) is 0.391. The summed E-state index contributed by atoms with van der Waals surface area (Å²) in [4.78, 5) is 32.1. The number of amides is 2. The Bertz CT molecular complexity index is 1260. The molecule has 4 atom stereocenters. The van der Waals surface area contributed by atoms with Gasteiger partial charge in [-0.05, 0) is 84.4 Å². The Morgan fingerprint density at radius 1 is 1.22 bits per heavy atom. The molecule has 2 N–H and O–H groups in total. The van der Waals surface area contributed by atoms with E-state index in [9.17, 15) is 19.8 Å². The van der Waals surface area contributed by atoms with Gasteiger partial charge in [-0.15, -0.1) is 0 Å². The number of hydrogen-bond donors (Lipinski definition) is 2. The Hall–Kier alpha value is -3.00. The van der Waals surface area contributed by atoms with Gasteiger partial charge in [0.2, 0.25) is 11.8 Å². The van der Waals surface area contributed by atoms with Crippen molar-refractivity contribution in [1.82, 2.24) is 9.88 Å². The Balaban J connectivity index is 1.41. The molecular weight excluding hydrogens is 492 g/mol. The van der Waals surface area contributed by atoms with Gasteiger partial charge >= 0.3 is 0 Å². The van der Waals surface area contributed by atoms with Crippen molar-refractivity contribution in [2.45, 2.75) is 38.7 Å². The van der Waals surface area contributed by atoms with E-state index in [4.69, 9.17) is 16.3 Å². The van der Waals surface area contributed by atoms with E-state index < -0.39 is 11.8 Å². The molecule has 2 fully saturated rings. The molecule has 0 bridgehead atoms. The van der Waals surface area contributed by atoms with Crippen molar-refractivity contribution >= 4 is 35.1 Å². The fourth-order valence-electron chi connectivity index (χ4n) is 6.06. The second-order valence-electron chi connectivity index (χ2n) is 9.94. The fraction of sp³-hybridized carbons (Fsp3) is 0.414. The number of pyridine rings is 1. The molecule has 7 nitrogen and oxygen atoms in total. The molecule has 2 aromatic rings. The van der Waals surface area contributed by atoms with Crippen LogP contribution in [0.3, 0.4) is 0 Å². The summed E-state index contributed by atoms with van der Waals surface area (Å²) in [6.45, 7) is 2.62. The third-order valence-corrected chi connectivity index (χ3v) is 8.05. The average molecular weight is 523 g/mol. The second-order valence-corrected chi connectivity index (χ2v) is 10.3. The van der Waals surface area contributed by atoms with E-state index in [1.165, 1.54) is 11.0 Å². The van der Waals surface area contributed by atoms with Crippen LogP contribution in [0.4, 0.5) is 0 Å². The Morgan fingerprint density at radius 2 is 2.05 bits per heavy atom. The second kappa shape index (κ2) is 10.8. The van der Waals surface area contributed by atoms with Gasteiger partial charge in [0.25, 0.3) is 0 Å². The number of aliphatic hydroxyl groups is 1. The van der Waals surface area contributed by atoms with Crippen molar-refractivity contribution in [3.63, 3.8) is 0 Å². The molecule has 8 heteroatoms. The molecule has 2 aliphatic heterocycles. The molecule has 0 spiro atoms. The van der Waals surface area contributed by atoms with Crippen LogP contribution < -0.4 is 0 Å². The summed E-state index contributed by atoms with van der Waals surface area (Å²) in [6, 6.07) is 10.6. The molecule has 3 aliphatic rings. The van der Waals surface area contributed by atoms with E-state index in [1.807, 2.05) is 31.2 Å². The first-order chi connectivity index (χ1) is 17.9. The molecule has 194 valence electrons. The van der Waals surface area contributed by atoms with Crippen LogP contribution in [0.5, 0.6) is 5.75 Å². The molecule has 3 heterocycles. The standard InChI is InChI=1S/C29H31ClN2O5/c1-2-11-32-28(35)21-13-19(15-33)26-22(27(21)29(32)36)16-37-25(26)9-7-18(24-5-3-4-10-31-24)12-17-6-8-20(34)14-23(17)30/h3-6,8,10,12,14,21-22,25,27,33-34H,2,7,9,11,13,15-16H2,1H3/b18-12-/t21-,22+,25-,27-/m1/s1. The lowest BCUT2D eigenvalue weighted by atomic mass is 9.69. The first-order valence-electron chi connectivity index (χ1n) is 12.8. The number of nitrogens with zero attached hydrogens (tertiary/aromatic N) is 2. The Labute approximate surface area is 221 Å². The van der Waals surface area contributed by atoms with Gasteiger partial charge < -0.3 is 14.9 Å². The number of likely N-dealkylation sites (tertiary alicyclic amines) is 1. The smallest absolute Gasteiger partial charge is 0.233 e. The van der Waals surface area contributed by atoms with Gasteiger partial charge in [0.1, 0.15) is 5.75 Å². The van der Waals surface area contributed by atoms with Crippen molar-refractivity contribution in [1.29, 1.82) is 0 Å². The van der Waals surface area contributed by atoms with Crippen molar-refractivity contribution in [2.24, 2.45) is 17.8 Å². The van der Waals surface area contributed by atoms with Crippen LogP contribution in [0.25, 0.3) is 11.6 Å². The largest absolute Gasteiger partial charge is 0.508 e. The van der Waals surface area contributed by atoms with Gasteiger partial charge in [-0.2, -0.15) is 0 Å². The van der Waals surface area contributed by atoms with Gasteiger partial charge in [-0.3, -0.25) is 19.5 Å². The summed E-state index contributed by atoms with van der Waals surface area (Å²) >= 11 is 6.38. The van der Waals surface area contributed by atoms with Crippen molar-refractivity contribution in [3.05, 3.63) is 70.0 Å². The number of phenolic OH excluding ortho intramolecular Hbond substituents is 1. The molecule has 1 aromatic heterocycles. The van der Waals surface area contributed by atoms with Crippen LogP contribution in [0.2, 0.25) is 5.02 Å². The van der Waals surface area contributed by atoms with Crippen LogP contribution in [-0.2, 0) is 14.3 Å². The van der Waals surface area contributed by atoms with Crippen LogP contribution in [0, 0.1) is 17.8 Å². The molecule has 1 aromatic carbocycles. The van der Waals surface area contributed by atoms with Gasteiger partial charge in [0, 0.05) is 18.7 Å². The molecule has 1 aliphatic carbocycles. The van der Waals surface area contributed by atoms with Gasteiger partial charge in [-0.25, -0.2) is 0 Å². The lowest BCUT2D eigenvalue weighted by molar-refractivity contribution is -0.140. The number of aromatic nitrogens is 1. The molecule has 0 radical (unpaired) electrons. The van der Waals surface area contributed by atoms with E-state index in [0.717, 1.165) is 34.4 Å². The lowest BCUT2D eigenvalue weighted by Crippen LogP contribution is -2.35. The number of aliphatic hydroxyl groups excluding tert-OH is 1. The summed E-state index contributed by atoms with van der Waals surface area (Å²) in [5, 5.41) is 20.4. The number of allylic oxidation sites excluding steroid dienone is 1. The number of fused-ring (bicyclic) bond motifs is 3. The maximum absolute atomic E-state index is 13.2. The summed E-state index contributed by atoms with van der Waals surface area (Å²) in [5.74, 6) is -1.11. The number of halogens is 1. The van der Waals surface area contributed by atoms with Gasteiger partial charge in [0.05, 0.1) is 41.9 Å². The minimum atomic E-state index is -0.407. The number of carbonyl (C=O) groups excluding carboxylic acids is 2. The number of hydrogen-bond acceptors (Lipinski definition) is 6. The third kappa shape index (κ3) is 4.83. The molecule has 2 saturated heterocycles. The SMILES string of the molecule is CCCN1C(=O)[C@@H]2[C@@H](CC(CO)=C3[C@@H](CC/C(=C/c4ccc(O)cc4Cl)c4ccccn4)OC[C@@H]32)C1=O. The van der Waals surface area contributed by atoms with Crippen molar-refractivity contribution < 1.29 is 24.5 Å². The zero-order valence-electron chi connectivity index (χ0n) is 20.8. The van der Waals surface area contributed by atoms with E-state index in [1.54, 1.807) is 18.3 Å². The predicted molar refractivity (Wildman–Crippen MR) is 140 cm³/mol. The predicted octanol–water partition coefficient (Wildman–Crippen LogP) is 4.48. The first kappa shape index (κ1) is 25.6. The number of ether oxygens (including phenoxy) is 1. The summed E-state index contributed by atoms with van der Waals surface area (Å²) in [7, 11) is 0. The molecule has 0 unspecified atom stereocenters. The Morgan fingerprint density at radius 3 is 2.76 bits per heavy atom. The van der Waals surface area contributed by atoms with Crippen molar-refractivity contribution in [3.8, 4) is 5.75 Å². The van der Waals surface area contributed by atoms with E-state index >= 15 is 0 Å². The highest BCUT2D eigenvalue weighted by Crippen LogP contribution is 2.50.